The van der Waals surface area contributed by atoms with Crippen molar-refractivity contribution in [2.24, 2.45) is 16.8 Å². The maximum absolute atomic E-state index is 13.6. The number of amides is 3. The Labute approximate surface area is 219 Å². The smallest absolute Gasteiger partial charge is 0.296 e. The molecular weight excluding hydrogens is 490 g/mol. The summed E-state index contributed by atoms with van der Waals surface area (Å²) in [5.74, 6) is 4.31. The van der Waals surface area contributed by atoms with Gasteiger partial charge in [0.05, 0.1) is 11.4 Å². The first kappa shape index (κ1) is 26.0. The Hall–Kier alpha value is -4.10. The van der Waals surface area contributed by atoms with Gasteiger partial charge in [-0.05, 0) is 43.0 Å². The van der Waals surface area contributed by atoms with Crippen LogP contribution in [0.5, 0.6) is 0 Å². The van der Waals surface area contributed by atoms with Crippen LogP contribution in [-0.4, -0.2) is 52.3 Å². The van der Waals surface area contributed by atoms with Gasteiger partial charge in [0.25, 0.3) is 5.91 Å². The van der Waals surface area contributed by atoms with Gasteiger partial charge in [0.15, 0.2) is 5.84 Å². The monoisotopic (exact) mass is 519 g/mol. The molecule has 0 saturated heterocycles. The molecule has 37 heavy (non-hydrogen) atoms. The Morgan fingerprint density at radius 2 is 1.92 bits per heavy atom. The minimum absolute atomic E-state index is 0.00229. The number of carbonyl (C=O) groups excluding carboxylic acids is 3. The summed E-state index contributed by atoms with van der Waals surface area (Å²) in [7, 11) is 0. The van der Waals surface area contributed by atoms with E-state index in [0.717, 1.165) is 30.6 Å². The quantitative estimate of drug-likeness (QED) is 0.111. The number of amidine groups is 1. The fraction of sp³-hybridized carbons (Fsp3) is 0.333. The molecule has 9 nitrogen and oxygen atoms in total. The van der Waals surface area contributed by atoms with Gasteiger partial charge in [-0.2, -0.15) is 0 Å². The number of carbonyl (C=O) groups is 3. The van der Waals surface area contributed by atoms with Crippen molar-refractivity contribution in [2.45, 2.75) is 44.3 Å². The predicted octanol–water partition coefficient (Wildman–Crippen LogP) is 1.95. The van der Waals surface area contributed by atoms with Crippen molar-refractivity contribution < 1.29 is 19.6 Å². The average Bonchev–Trinajstić information content (AvgIpc) is 3.71. The molecule has 2 atom stereocenters. The third kappa shape index (κ3) is 6.57. The first-order valence-corrected chi connectivity index (χ1v) is 13.0. The number of hydrogen-bond donors (Lipinski definition) is 4. The van der Waals surface area contributed by atoms with Crippen molar-refractivity contribution in [3.63, 3.8) is 0 Å². The average molecular weight is 520 g/mol. The molecule has 10 heteroatoms. The summed E-state index contributed by atoms with van der Waals surface area (Å²) >= 11 is 1.30. The van der Waals surface area contributed by atoms with E-state index in [-0.39, 0.29) is 30.1 Å². The maximum Gasteiger partial charge on any atom is 0.296 e. The van der Waals surface area contributed by atoms with E-state index in [1.54, 1.807) is 24.3 Å². The third-order valence-electron chi connectivity index (χ3n) is 6.48. The molecule has 1 fully saturated rings. The molecule has 0 spiro atoms. The van der Waals surface area contributed by atoms with Crippen LogP contribution in [0.3, 0.4) is 0 Å². The lowest BCUT2D eigenvalue weighted by molar-refractivity contribution is -0.141. The Balaban J connectivity index is 1.41. The van der Waals surface area contributed by atoms with E-state index in [0.29, 0.717) is 17.0 Å². The van der Waals surface area contributed by atoms with Gasteiger partial charge < -0.3 is 26.5 Å². The Bertz CT molecular complexity index is 1250. The lowest BCUT2D eigenvalue weighted by Crippen LogP contribution is -2.55. The standard InChI is InChI=1S/C27H29N5O4S/c28-25(31-36)22-14-13-20(37-22)17-29-26(34)21-11-6-16-32(21)27(35)24(19-9-4-5-10-19)30-23(33)15-12-18-7-2-1-3-8-18/h1-3,6-8,11,13-14,19,21,24,36H,4-5,9-10,16-17H2,(H2,28,31)(H,29,34)(H,30,33)/t21?,24-/m1/s1. The zero-order valence-electron chi connectivity index (χ0n) is 20.2. The maximum atomic E-state index is 13.6. The van der Waals surface area contributed by atoms with Gasteiger partial charge in [-0.1, -0.05) is 54.3 Å². The molecular formula is C27H29N5O4S. The Morgan fingerprint density at radius 3 is 2.65 bits per heavy atom. The minimum atomic E-state index is -0.771. The van der Waals surface area contributed by atoms with E-state index in [9.17, 15) is 14.4 Å². The first-order valence-electron chi connectivity index (χ1n) is 12.2. The molecule has 0 bridgehead atoms. The van der Waals surface area contributed by atoms with Crippen LogP contribution in [0.1, 0.15) is 41.0 Å². The van der Waals surface area contributed by atoms with Gasteiger partial charge >= 0.3 is 0 Å². The molecule has 1 aromatic carbocycles. The summed E-state index contributed by atoms with van der Waals surface area (Å²) in [5.41, 5.74) is 6.32. The van der Waals surface area contributed by atoms with Crippen LogP contribution in [0, 0.1) is 17.8 Å². The third-order valence-corrected chi connectivity index (χ3v) is 7.59. The number of hydrogen-bond acceptors (Lipinski definition) is 6. The molecule has 1 aliphatic carbocycles. The van der Waals surface area contributed by atoms with Crippen LogP contribution >= 0.6 is 11.3 Å². The number of nitrogens with zero attached hydrogens (tertiary/aromatic N) is 2. The fourth-order valence-corrected chi connectivity index (χ4v) is 5.44. The van der Waals surface area contributed by atoms with E-state index in [1.807, 2.05) is 30.3 Å². The van der Waals surface area contributed by atoms with Crippen LogP contribution < -0.4 is 16.4 Å². The summed E-state index contributed by atoms with van der Waals surface area (Å²) in [6.07, 6.45) is 7.15. The van der Waals surface area contributed by atoms with Crippen molar-refractivity contribution in [1.82, 2.24) is 15.5 Å². The number of nitrogens with two attached hydrogens (primary N) is 1. The summed E-state index contributed by atoms with van der Waals surface area (Å²) < 4.78 is 0. The fourth-order valence-electron chi connectivity index (χ4n) is 4.59. The second-order valence-electron chi connectivity index (χ2n) is 8.94. The van der Waals surface area contributed by atoms with Crippen LogP contribution in [0.15, 0.2) is 59.8 Å². The number of thiophene rings is 1. The van der Waals surface area contributed by atoms with Crippen molar-refractivity contribution in [3.8, 4) is 11.8 Å². The summed E-state index contributed by atoms with van der Waals surface area (Å²) in [5, 5.41) is 17.5. The van der Waals surface area contributed by atoms with E-state index in [1.165, 1.54) is 16.2 Å². The van der Waals surface area contributed by atoms with Gasteiger partial charge in [0, 0.05) is 22.9 Å². The van der Waals surface area contributed by atoms with E-state index in [2.05, 4.69) is 27.6 Å². The highest BCUT2D eigenvalue weighted by atomic mass is 32.1. The molecule has 192 valence electrons. The highest BCUT2D eigenvalue weighted by Crippen LogP contribution is 2.29. The van der Waals surface area contributed by atoms with E-state index in [4.69, 9.17) is 10.9 Å². The van der Waals surface area contributed by atoms with Crippen molar-refractivity contribution in [3.05, 3.63) is 69.9 Å². The van der Waals surface area contributed by atoms with Crippen molar-refractivity contribution >= 4 is 34.9 Å². The van der Waals surface area contributed by atoms with E-state index >= 15 is 0 Å². The SMILES string of the molecule is N/C(=N\O)c1ccc(CNC(=O)C2C=CCN2C(=O)[C@H](NC(=O)C#Cc2ccccc2)C2CCCC2)s1. The highest BCUT2D eigenvalue weighted by molar-refractivity contribution is 7.14. The molecule has 2 aliphatic rings. The highest BCUT2D eigenvalue weighted by Gasteiger charge is 2.39. The van der Waals surface area contributed by atoms with Gasteiger partial charge in [-0.3, -0.25) is 14.4 Å². The molecule has 1 aliphatic heterocycles. The Kier molecular flexibility index (Phi) is 8.59. The minimum Gasteiger partial charge on any atom is -0.409 e. The largest absolute Gasteiger partial charge is 0.409 e. The molecule has 2 heterocycles. The normalized spacial score (nSPS) is 18.2. The van der Waals surface area contributed by atoms with Gasteiger partial charge in [0.2, 0.25) is 11.8 Å². The molecule has 3 amide bonds. The second kappa shape index (κ2) is 12.2. The zero-order chi connectivity index (χ0) is 26.2. The molecule has 5 N–H and O–H groups in total. The molecule has 1 saturated carbocycles. The zero-order valence-corrected chi connectivity index (χ0v) is 21.0. The number of rotatable bonds is 7. The molecule has 4 rings (SSSR count). The summed E-state index contributed by atoms with van der Waals surface area (Å²) in [4.78, 5) is 42.2. The van der Waals surface area contributed by atoms with Gasteiger partial charge in [-0.15, -0.1) is 11.3 Å². The van der Waals surface area contributed by atoms with Crippen LogP contribution in [0.2, 0.25) is 0 Å². The van der Waals surface area contributed by atoms with Crippen molar-refractivity contribution in [1.29, 1.82) is 0 Å². The van der Waals surface area contributed by atoms with Crippen LogP contribution in [0.25, 0.3) is 0 Å². The number of nitrogens with one attached hydrogen (secondary N) is 2. The van der Waals surface area contributed by atoms with Gasteiger partial charge in [-0.25, -0.2) is 0 Å². The number of oxime groups is 1. The predicted molar refractivity (Wildman–Crippen MR) is 141 cm³/mol. The van der Waals surface area contributed by atoms with E-state index < -0.39 is 18.0 Å². The topological polar surface area (TPSA) is 137 Å². The molecule has 0 radical (unpaired) electrons. The second-order valence-corrected chi connectivity index (χ2v) is 10.1. The number of benzene rings is 1. The first-order chi connectivity index (χ1) is 18.0. The summed E-state index contributed by atoms with van der Waals surface area (Å²) in [6.45, 7) is 0.533. The van der Waals surface area contributed by atoms with Crippen molar-refractivity contribution in [2.75, 3.05) is 6.54 Å². The summed E-state index contributed by atoms with van der Waals surface area (Å²) in [6, 6.07) is 11.2. The molecule has 1 unspecified atom stereocenters. The molecule has 2 aromatic rings. The van der Waals surface area contributed by atoms with Crippen LogP contribution in [0.4, 0.5) is 0 Å². The lowest BCUT2D eigenvalue weighted by Gasteiger charge is -2.31. The molecule has 1 aromatic heterocycles. The van der Waals surface area contributed by atoms with Gasteiger partial charge in [0.1, 0.15) is 12.1 Å². The van der Waals surface area contributed by atoms with Crippen LogP contribution in [-0.2, 0) is 20.9 Å². The lowest BCUT2D eigenvalue weighted by atomic mass is 9.96. The Morgan fingerprint density at radius 1 is 1.16 bits per heavy atom.